The summed E-state index contributed by atoms with van der Waals surface area (Å²) in [5.41, 5.74) is 0.288. The molecular formula is C15H16ClFN4O3S2. The van der Waals surface area contributed by atoms with Crippen molar-refractivity contribution in [1.82, 2.24) is 14.0 Å². The molecule has 1 aliphatic heterocycles. The molecule has 2 aromatic rings. The molecule has 2 N–H and O–H groups in total. The van der Waals surface area contributed by atoms with Crippen molar-refractivity contribution in [2.45, 2.75) is 25.4 Å². The van der Waals surface area contributed by atoms with Crippen molar-refractivity contribution in [3.05, 3.63) is 45.1 Å². The molecule has 2 unspecified atom stereocenters. The van der Waals surface area contributed by atoms with Crippen LogP contribution in [0.15, 0.2) is 24.4 Å². The number of aryl methyl sites for hydroxylation is 1. The Morgan fingerprint density at radius 2 is 2.23 bits per heavy atom. The monoisotopic (exact) mass is 418 g/mol. The number of anilines is 1. The Hall–Kier alpha value is -1.59. The van der Waals surface area contributed by atoms with Gasteiger partial charge >= 0.3 is 0 Å². The Morgan fingerprint density at radius 3 is 2.85 bits per heavy atom. The van der Waals surface area contributed by atoms with Crippen molar-refractivity contribution in [3.8, 4) is 0 Å². The van der Waals surface area contributed by atoms with Gasteiger partial charge in [0.05, 0.1) is 16.1 Å². The highest BCUT2D eigenvalue weighted by atomic mass is 35.5. The normalized spacial score (nSPS) is 22.9. The molecule has 1 aromatic heterocycles. The van der Waals surface area contributed by atoms with Crippen LogP contribution in [0, 0.1) is 12.7 Å². The van der Waals surface area contributed by atoms with Crippen LogP contribution in [-0.2, 0) is 15.0 Å². The van der Waals surface area contributed by atoms with Gasteiger partial charge in [-0.15, -0.1) is 11.3 Å². The van der Waals surface area contributed by atoms with Crippen LogP contribution in [0.1, 0.15) is 22.3 Å². The van der Waals surface area contributed by atoms with Gasteiger partial charge in [-0.25, -0.2) is 9.37 Å². The van der Waals surface area contributed by atoms with Crippen molar-refractivity contribution in [1.29, 1.82) is 0 Å². The zero-order valence-electron chi connectivity index (χ0n) is 13.9. The number of hydrogen-bond donors (Lipinski definition) is 2. The van der Waals surface area contributed by atoms with E-state index in [2.05, 4.69) is 15.0 Å². The molecule has 2 heterocycles. The molecule has 2 atom stereocenters. The van der Waals surface area contributed by atoms with Crippen molar-refractivity contribution in [2.24, 2.45) is 0 Å². The van der Waals surface area contributed by atoms with Gasteiger partial charge in [0.2, 0.25) is 5.91 Å². The number of benzene rings is 1. The predicted octanol–water partition coefficient (Wildman–Crippen LogP) is 2.46. The highest BCUT2D eigenvalue weighted by Gasteiger charge is 2.41. The van der Waals surface area contributed by atoms with E-state index in [1.54, 1.807) is 6.20 Å². The molecule has 1 aliphatic rings. The van der Waals surface area contributed by atoms with Crippen LogP contribution in [0.25, 0.3) is 0 Å². The molecule has 26 heavy (non-hydrogen) atoms. The predicted molar refractivity (Wildman–Crippen MR) is 97.9 cm³/mol. The SMILES string of the molecule is Cc1ncc(C2CC(C(=O)Nc3ccc(F)c(Cl)c3)N(C)S(=O)(=O)N2)s1. The minimum absolute atomic E-state index is 0.132. The fourth-order valence-electron chi connectivity index (χ4n) is 2.63. The molecule has 3 rings (SSSR count). The van der Waals surface area contributed by atoms with E-state index in [4.69, 9.17) is 11.6 Å². The number of aromatic nitrogens is 1. The fourth-order valence-corrected chi connectivity index (χ4v) is 5.01. The molecule has 1 saturated heterocycles. The highest BCUT2D eigenvalue weighted by Crippen LogP contribution is 2.31. The van der Waals surface area contributed by atoms with Crippen LogP contribution in [0.3, 0.4) is 0 Å². The number of likely N-dealkylation sites (N-methyl/N-ethyl adjacent to an activating group) is 1. The number of amides is 1. The first-order valence-corrected chi connectivity index (χ1v) is 10.2. The molecule has 1 fully saturated rings. The molecule has 0 aliphatic carbocycles. The number of nitrogens with one attached hydrogen (secondary N) is 2. The quantitative estimate of drug-likeness (QED) is 0.801. The van der Waals surface area contributed by atoms with Crippen molar-refractivity contribution in [2.75, 3.05) is 12.4 Å². The summed E-state index contributed by atoms with van der Waals surface area (Å²) in [7, 11) is -2.50. The standard InChI is InChI=1S/C15H16ClFN4O3S2/c1-8-18-7-14(25-8)12-6-13(21(2)26(23,24)20-12)15(22)19-9-3-4-11(17)10(16)5-9/h3-5,7,12-13,20H,6H2,1-2H3,(H,19,22). The van der Waals surface area contributed by atoms with Gasteiger partial charge in [0.25, 0.3) is 10.2 Å². The van der Waals surface area contributed by atoms with Gasteiger partial charge in [-0.05, 0) is 31.5 Å². The van der Waals surface area contributed by atoms with E-state index in [9.17, 15) is 17.6 Å². The maximum atomic E-state index is 13.3. The third-order valence-corrected chi connectivity index (χ3v) is 6.95. The van der Waals surface area contributed by atoms with Gasteiger partial charge in [0.1, 0.15) is 11.9 Å². The van der Waals surface area contributed by atoms with Gasteiger partial charge in [-0.2, -0.15) is 17.4 Å². The number of carbonyl (C=O) groups excluding carboxylic acids is 1. The van der Waals surface area contributed by atoms with E-state index in [1.165, 1.54) is 30.5 Å². The lowest BCUT2D eigenvalue weighted by Crippen LogP contribution is -2.55. The summed E-state index contributed by atoms with van der Waals surface area (Å²) >= 11 is 7.08. The number of halogens is 2. The number of rotatable bonds is 3. The van der Waals surface area contributed by atoms with E-state index < -0.39 is 34.0 Å². The smallest absolute Gasteiger partial charge is 0.280 e. The lowest BCUT2D eigenvalue weighted by Gasteiger charge is -2.35. The van der Waals surface area contributed by atoms with Crippen LogP contribution in [0.5, 0.6) is 0 Å². The summed E-state index contributed by atoms with van der Waals surface area (Å²) < 4.78 is 41.6. The van der Waals surface area contributed by atoms with Crippen molar-refractivity contribution < 1.29 is 17.6 Å². The maximum absolute atomic E-state index is 13.3. The first kappa shape index (κ1) is 19.2. The van der Waals surface area contributed by atoms with Crippen LogP contribution in [0.2, 0.25) is 5.02 Å². The number of hydrogen-bond acceptors (Lipinski definition) is 5. The zero-order chi connectivity index (χ0) is 19.1. The Kier molecular flexibility index (Phi) is 5.31. The van der Waals surface area contributed by atoms with E-state index in [-0.39, 0.29) is 17.1 Å². The van der Waals surface area contributed by atoms with Gasteiger partial charge in [0, 0.05) is 23.8 Å². The number of carbonyl (C=O) groups is 1. The minimum Gasteiger partial charge on any atom is -0.325 e. The number of nitrogens with zero attached hydrogens (tertiary/aromatic N) is 2. The van der Waals surface area contributed by atoms with Crippen LogP contribution in [-0.4, -0.2) is 36.7 Å². The Labute approximate surface area is 159 Å². The summed E-state index contributed by atoms with van der Waals surface area (Å²) in [5, 5.41) is 3.26. The summed E-state index contributed by atoms with van der Waals surface area (Å²) in [4.78, 5) is 17.5. The second-order valence-electron chi connectivity index (χ2n) is 5.84. The van der Waals surface area contributed by atoms with E-state index in [0.717, 1.165) is 20.3 Å². The second kappa shape index (κ2) is 7.20. The van der Waals surface area contributed by atoms with Crippen LogP contribution < -0.4 is 10.0 Å². The second-order valence-corrected chi connectivity index (χ2v) is 9.28. The average Bonchev–Trinajstić information content (AvgIpc) is 2.99. The van der Waals surface area contributed by atoms with Crippen molar-refractivity contribution in [3.63, 3.8) is 0 Å². The summed E-state index contributed by atoms with van der Waals surface area (Å²) in [6, 6.07) is 2.28. The Morgan fingerprint density at radius 1 is 1.50 bits per heavy atom. The van der Waals surface area contributed by atoms with Crippen molar-refractivity contribution >= 4 is 44.7 Å². The minimum atomic E-state index is -3.84. The third kappa shape index (κ3) is 3.89. The van der Waals surface area contributed by atoms with Gasteiger partial charge in [-0.3, -0.25) is 4.79 Å². The van der Waals surface area contributed by atoms with Crippen LogP contribution >= 0.6 is 22.9 Å². The largest absolute Gasteiger partial charge is 0.325 e. The summed E-state index contributed by atoms with van der Waals surface area (Å²) in [6.07, 6.45) is 1.84. The molecule has 1 amide bonds. The Bertz CT molecular complexity index is 950. The molecule has 0 radical (unpaired) electrons. The van der Waals surface area contributed by atoms with Gasteiger partial charge in [0.15, 0.2) is 0 Å². The molecular weight excluding hydrogens is 403 g/mol. The fraction of sp³-hybridized carbons (Fsp3) is 0.333. The topological polar surface area (TPSA) is 91.4 Å². The molecule has 7 nitrogen and oxygen atoms in total. The van der Waals surface area contributed by atoms with Gasteiger partial charge < -0.3 is 5.32 Å². The lowest BCUT2D eigenvalue weighted by atomic mass is 10.1. The maximum Gasteiger partial charge on any atom is 0.280 e. The van der Waals surface area contributed by atoms with E-state index in [1.807, 2.05) is 6.92 Å². The highest BCUT2D eigenvalue weighted by molar-refractivity contribution is 7.87. The molecule has 140 valence electrons. The van der Waals surface area contributed by atoms with E-state index >= 15 is 0 Å². The summed E-state index contributed by atoms with van der Waals surface area (Å²) in [6.45, 7) is 1.82. The first-order chi connectivity index (χ1) is 12.2. The first-order valence-electron chi connectivity index (χ1n) is 7.61. The molecule has 0 spiro atoms. The molecule has 0 saturated carbocycles. The number of thiazole rings is 1. The molecule has 11 heteroatoms. The summed E-state index contributed by atoms with van der Waals surface area (Å²) in [5.74, 6) is -1.13. The zero-order valence-corrected chi connectivity index (χ0v) is 16.3. The molecule has 1 aromatic carbocycles. The van der Waals surface area contributed by atoms with Crippen LogP contribution in [0.4, 0.5) is 10.1 Å². The average molecular weight is 419 g/mol. The van der Waals surface area contributed by atoms with Gasteiger partial charge in [-0.1, -0.05) is 11.6 Å². The third-order valence-electron chi connectivity index (χ3n) is 4.04. The molecule has 0 bridgehead atoms. The Balaban J connectivity index is 1.83. The van der Waals surface area contributed by atoms with E-state index in [0.29, 0.717) is 0 Å². The lowest BCUT2D eigenvalue weighted by molar-refractivity contribution is -0.120.